The Hall–Kier alpha value is -1.39. The minimum Gasteiger partial charge on any atom is -0.472 e. The van der Waals surface area contributed by atoms with E-state index in [1.165, 1.54) is 10.4 Å². The van der Waals surface area contributed by atoms with Gasteiger partial charge in [0.2, 0.25) is 5.88 Å². The zero-order chi connectivity index (χ0) is 14.2. The number of hydrogen-bond donors (Lipinski definition) is 1. The van der Waals surface area contributed by atoms with Gasteiger partial charge in [0.1, 0.15) is 6.61 Å². The maximum Gasteiger partial charge on any atom is 0.214 e. The summed E-state index contributed by atoms with van der Waals surface area (Å²) in [5.41, 5.74) is 2.33. The first kappa shape index (κ1) is 15.0. The lowest BCUT2D eigenvalue weighted by molar-refractivity contribution is 0.296. The van der Waals surface area contributed by atoms with Crippen LogP contribution in [0.1, 0.15) is 36.4 Å². The number of rotatable bonds is 8. The summed E-state index contributed by atoms with van der Waals surface area (Å²) in [6.45, 7) is 6.80. The van der Waals surface area contributed by atoms with Gasteiger partial charge in [-0.3, -0.25) is 0 Å². The molecule has 1 N–H and O–H groups in total. The van der Waals surface area contributed by atoms with E-state index in [1.807, 2.05) is 12.1 Å². The molecule has 0 amide bonds. The van der Waals surface area contributed by atoms with Gasteiger partial charge in [-0.05, 0) is 42.5 Å². The van der Waals surface area contributed by atoms with Crippen LogP contribution in [0.3, 0.4) is 0 Å². The molecule has 20 heavy (non-hydrogen) atoms. The molecule has 0 radical (unpaired) electrons. The number of ether oxygens (including phenoxy) is 1. The van der Waals surface area contributed by atoms with E-state index in [0.717, 1.165) is 37.5 Å². The monoisotopic (exact) mass is 290 g/mol. The molecule has 2 heterocycles. The van der Waals surface area contributed by atoms with Crippen LogP contribution in [0.25, 0.3) is 0 Å². The van der Waals surface area contributed by atoms with E-state index in [-0.39, 0.29) is 0 Å². The van der Waals surface area contributed by atoms with Crippen molar-refractivity contribution in [3.05, 3.63) is 45.8 Å². The Balaban J connectivity index is 2.01. The van der Waals surface area contributed by atoms with Crippen LogP contribution < -0.4 is 10.1 Å². The largest absolute Gasteiger partial charge is 0.472 e. The van der Waals surface area contributed by atoms with Gasteiger partial charge in [0.25, 0.3) is 0 Å². The van der Waals surface area contributed by atoms with E-state index in [2.05, 4.69) is 41.7 Å². The molecule has 108 valence electrons. The molecule has 2 aromatic heterocycles. The normalized spacial score (nSPS) is 10.7. The van der Waals surface area contributed by atoms with Crippen LogP contribution in [0.2, 0.25) is 0 Å². The highest BCUT2D eigenvalue weighted by molar-refractivity contribution is 7.09. The molecule has 0 aromatic carbocycles. The first-order chi connectivity index (χ1) is 9.81. The fraction of sp³-hybridized carbons (Fsp3) is 0.438. The van der Waals surface area contributed by atoms with E-state index in [4.69, 9.17) is 4.74 Å². The molecule has 0 aliphatic carbocycles. The van der Waals surface area contributed by atoms with Gasteiger partial charge in [-0.15, -0.1) is 11.3 Å². The Bertz CT molecular complexity index is 511. The van der Waals surface area contributed by atoms with Crippen molar-refractivity contribution in [2.45, 2.75) is 39.8 Å². The molecule has 2 rings (SSSR count). The molecule has 0 saturated carbocycles. The third-order valence-corrected chi connectivity index (χ3v) is 3.83. The van der Waals surface area contributed by atoms with Gasteiger partial charge >= 0.3 is 0 Å². The molecule has 0 spiro atoms. The van der Waals surface area contributed by atoms with Gasteiger partial charge in [-0.1, -0.05) is 19.9 Å². The van der Waals surface area contributed by atoms with Crippen molar-refractivity contribution >= 4 is 11.3 Å². The summed E-state index contributed by atoms with van der Waals surface area (Å²) in [5.74, 6) is 0.728. The van der Waals surface area contributed by atoms with Gasteiger partial charge in [-0.2, -0.15) is 0 Å². The molecule has 0 fully saturated rings. The van der Waals surface area contributed by atoms with E-state index < -0.39 is 0 Å². The van der Waals surface area contributed by atoms with Crippen molar-refractivity contribution in [1.82, 2.24) is 10.3 Å². The Morgan fingerprint density at radius 3 is 2.90 bits per heavy atom. The third-order valence-electron chi connectivity index (χ3n) is 2.98. The number of pyridine rings is 1. The van der Waals surface area contributed by atoms with Crippen LogP contribution >= 0.6 is 11.3 Å². The van der Waals surface area contributed by atoms with E-state index in [1.54, 1.807) is 11.3 Å². The number of nitrogens with zero attached hydrogens (tertiary/aromatic N) is 1. The van der Waals surface area contributed by atoms with Crippen LogP contribution in [-0.2, 0) is 19.6 Å². The van der Waals surface area contributed by atoms with Crippen LogP contribution in [0.4, 0.5) is 0 Å². The minimum absolute atomic E-state index is 0.597. The Morgan fingerprint density at radius 2 is 2.20 bits per heavy atom. The average Bonchev–Trinajstić information content (AvgIpc) is 2.98. The summed E-state index contributed by atoms with van der Waals surface area (Å²) in [4.78, 5) is 5.76. The molecular formula is C16H22N2OS. The third kappa shape index (κ3) is 4.62. The first-order valence-electron chi connectivity index (χ1n) is 7.17. The fourth-order valence-electron chi connectivity index (χ4n) is 1.93. The minimum atomic E-state index is 0.597. The van der Waals surface area contributed by atoms with Crippen molar-refractivity contribution in [3.8, 4) is 5.88 Å². The molecular weight excluding hydrogens is 268 g/mol. The summed E-state index contributed by atoms with van der Waals surface area (Å²) in [6, 6.07) is 8.31. The van der Waals surface area contributed by atoms with Crippen LogP contribution in [0.5, 0.6) is 5.88 Å². The average molecular weight is 290 g/mol. The first-order valence-corrected chi connectivity index (χ1v) is 8.05. The quantitative estimate of drug-likeness (QED) is 0.751. The van der Waals surface area contributed by atoms with Gasteiger partial charge in [0.15, 0.2) is 0 Å². The SMILES string of the molecule is CCCNCc1cc(CC)nc(OCc2cccs2)c1. The molecule has 3 nitrogen and oxygen atoms in total. The summed E-state index contributed by atoms with van der Waals surface area (Å²) in [6.07, 6.45) is 2.07. The topological polar surface area (TPSA) is 34.2 Å². The predicted molar refractivity (Wildman–Crippen MR) is 84.3 cm³/mol. The molecule has 4 heteroatoms. The number of thiophene rings is 1. The zero-order valence-electron chi connectivity index (χ0n) is 12.2. The van der Waals surface area contributed by atoms with Crippen LogP contribution in [-0.4, -0.2) is 11.5 Å². The van der Waals surface area contributed by atoms with Crippen molar-refractivity contribution < 1.29 is 4.74 Å². The molecule has 0 unspecified atom stereocenters. The van der Waals surface area contributed by atoms with Crippen molar-refractivity contribution in [3.63, 3.8) is 0 Å². The number of aryl methyl sites for hydroxylation is 1. The second kappa shape index (κ2) is 8.02. The van der Waals surface area contributed by atoms with Gasteiger partial charge in [-0.25, -0.2) is 4.98 Å². The van der Waals surface area contributed by atoms with E-state index in [9.17, 15) is 0 Å². The molecule has 2 aromatic rings. The zero-order valence-corrected chi connectivity index (χ0v) is 13.0. The van der Waals surface area contributed by atoms with Crippen LogP contribution in [0.15, 0.2) is 29.6 Å². The van der Waals surface area contributed by atoms with Crippen molar-refractivity contribution in [1.29, 1.82) is 0 Å². The van der Waals surface area contributed by atoms with Gasteiger partial charge in [0, 0.05) is 23.2 Å². The van der Waals surface area contributed by atoms with E-state index >= 15 is 0 Å². The second-order valence-corrected chi connectivity index (χ2v) is 5.74. The number of nitrogens with one attached hydrogen (secondary N) is 1. The van der Waals surface area contributed by atoms with Crippen molar-refractivity contribution in [2.75, 3.05) is 6.54 Å². The second-order valence-electron chi connectivity index (χ2n) is 4.70. The highest BCUT2D eigenvalue weighted by atomic mass is 32.1. The Kier molecular flexibility index (Phi) is 6.02. The van der Waals surface area contributed by atoms with E-state index in [0.29, 0.717) is 6.61 Å². The maximum absolute atomic E-state index is 5.81. The number of aromatic nitrogens is 1. The summed E-state index contributed by atoms with van der Waals surface area (Å²) >= 11 is 1.71. The summed E-state index contributed by atoms with van der Waals surface area (Å²) in [5, 5.41) is 5.48. The van der Waals surface area contributed by atoms with Gasteiger partial charge < -0.3 is 10.1 Å². The fourth-order valence-corrected chi connectivity index (χ4v) is 2.54. The molecule has 0 aliphatic heterocycles. The summed E-state index contributed by atoms with van der Waals surface area (Å²) < 4.78 is 5.81. The summed E-state index contributed by atoms with van der Waals surface area (Å²) in [7, 11) is 0. The van der Waals surface area contributed by atoms with Crippen molar-refractivity contribution in [2.24, 2.45) is 0 Å². The van der Waals surface area contributed by atoms with Gasteiger partial charge in [0.05, 0.1) is 0 Å². The highest BCUT2D eigenvalue weighted by Gasteiger charge is 2.04. The maximum atomic E-state index is 5.81. The molecule has 0 bridgehead atoms. The highest BCUT2D eigenvalue weighted by Crippen LogP contribution is 2.17. The standard InChI is InChI=1S/C16H22N2OS/c1-3-7-17-11-13-9-14(4-2)18-16(10-13)19-12-15-6-5-8-20-15/h5-6,8-10,17H,3-4,7,11-12H2,1-2H3. The predicted octanol–water partition coefficient (Wildman–Crippen LogP) is 3.78. The molecule has 0 aliphatic rings. The Morgan fingerprint density at radius 1 is 1.30 bits per heavy atom. The lowest BCUT2D eigenvalue weighted by Gasteiger charge is -2.09. The molecule has 0 saturated heterocycles. The number of hydrogen-bond acceptors (Lipinski definition) is 4. The lowest BCUT2D eigenvalue weighted by atomic mass is 10.2. The lowest BCUT2D eigenvalue weighted by Crippen LogP contribution is -2.14. The van der Waals surface area contributed by atoms with Crippen LogP contribution in [0, 0.1) is 0 Å². The molecule has 0 atom stereocenters. The smallest absolute Gasteiger partial charge is 0.214 e. The Labute approximate surface area is 125 Å².